The van der Waals surface area contributed by atoms with Gasteiger partial charge in [-0.25, -0.2) is 0 Å². The molecule has 5 aromatic carbocycles. The summed E-state index contributed by atoms with van der Waals surface area (Å²) in [5, 5.41) is 5.42. The molecule has 0 spiro atoms. The third-order valence-electron chi connectivity index (χ3n) is 6.30. The molecule has 1 atom stereocenters. The van der Waals surface area contributed by atoms with E-state index in [1.165, 1.54) is 63.1 Å². The molecule has 192 valence electrons. The van der Waals surface area contributed by atoms with Gasteiger partial charge in [-0.15, -0.1) is 64.2 Å². The van der Waals surface area contributed by atoms with Gasteiger partial charge in [-0.1, -0.05) is 82.2 Å². The van der Waals surface area contributed by atoms with E-state index in [-0.39, 0.29) is 0 Å². The quantitative estimate of drug-likeness (QED) is 0.135. The Morgan fingerprint density at radius 2 is 1.51 bits per heavy atom. The average molecular weight is 625 g/mol. The van der Waals surface area contributed by atoms with Gasteiger partial charge in [-0.05, 0) is 29.9 Å². The first kappa shape index (κ1) is 31.8. The number of fused-ring (bicyclic) bond motifs is 2. The summed E-state index contributed by atoms with van der Waals surface area (Å²) in [6.45, 7) is 11.1. The molecular weight excluding hydrogens is 587 g/mol. The molecule has 0 aromatic heterocycles. The van der Waals surface area contributed by atoms with Crippen LogP contribution in [0.2, 0.25) is 13.1 Å². The molecule has 0 aliphatic heterocycles. The van der Waals surface area contributed by atoms with Crippen LogP contribution in [0.3, 0.4) is 0 Å². The second kappa shape index (κ2) is 18.0. The molecule has 0 fully saturated rings. The van der Waals surface area contributed by atoms with Gasteiger partial charge < -0.3 is 0 Å². The molecule has 0 nitrogen and oxygen atoms in total. The van der Waals surface area contributed by atoms with Crippen molar-refractivity contribution in [2.24, 2.45) is 0 Å². The van der Waals surface area contributed by atoms with Crippen LogP contribution in [0.25, 0.3) is 32.7 Å². The molecule has 0 heterocycles. The summed E-state index contributed by atoms with van der Waals surface area (Å²) in [6, 6.07) is 35.2. The number of hydrogen-bond acceptors (Lipinski definition) is 0. The second-order valence-corrected chi connectivity index (χ2v) is 13.8. The van der Waals surface area contributed by atoms with E-state index >= 15 is 0 Å². The maximum atomic E-state index is 4.93. The predicted octanol–water partition coefficient (Wildman–Crippen LogP) is 11.4. The number of rotatable bonds is 5. The van der Waals surface area contributed by atoms with Crippen LogP contribution < -0.4 is 0 Å². The first-order valence-corrected chi connectivity index (χ1v) is 21.3. The molecule has 1 unspecified atom stereocenters. The van der Waals surface area contributed by atoms with Gasteiger partial charge in [0.2, 0.25) is 0 Å². The first-order chi connectivity index (χ1) is 18.0. The van der Waals surface area contributed by atoms with Crippen LogP contribution in [0.15, 0.2) is 97.1 Å². The van der Waals surface area contributed by atoms with E-state index in [0.29, 0.717) is 5.92 Å². The number of aryl methyl sites for hydroxylation is 1. The van der Waals surface area contributed by atoms with Gasteiger partial charge in [0.05, 0.1) is 0 Å². The van der Waals surface area contributed by atoms with Crippen molar-refractivity contribution in [2.75, 3.05) is 0 Å². The Morgan fingerprint density at radius 3 is 2.14 bits per heavy atom. The van der Waals surface area contributed by atoms with Crippen molar-refractivity contribution in [1.82, 2.24) is 0 Å². The Balaban J connectivity index is 0.000000263. The Labute approximate surface area is 245 Å². The Morgan fingerprint density at radius 1 is 0.865 bits per heavy atom. The molecule has 4 heteroatoms. The molecular formula is C33H38Cl2SiZr. The zero-order chi connectivity index (χ0) is 27.0. The van der Waals surface area contributed by atoms with E-state index in [4.69, 9.17) is 17.0 Å². The normalized spacial score (nSPS) is 10.8. The summed E-state index contributed by atoms with van der Waals surface area (Å²) < 4.78 is 0. The third-order valence-corrected chi connectivity index (χ3v) is 6.30. The molecule has 0 aliphatic carbocycles. The fraction of sp³-hybridized carbons (Fsp3) is 0.273. The van der Waals surface area contributed by atoms with Crippen LogP contribution >= 0.6 is 17.0 Å². The summed E-state index contributed by atoms with van der Waals surface area (Å²) in [6.07, 6.45) is 3.56. The van der Waals surface area contributed by atoms with Crippen molar-refractivity contribution in [2.45, 2.75) is 59.0 Å². The minimum Gasteiger partial charge on any atom is -0.168 e. The molecule has 0 aliphatic rings. The van der Waals surface area contributed by atoms with E-state index in [1.807, 2.05) is 0 Å². The molecule has 0 amide bonds. The third kappa shape index (κ3) is 9.99. The summed E-state index contributed by atoms with van der Waals surface area (Å²) in [4.78, 5) is 0. The van der Waals surface area contributed by atoms with Crippen LogP contribution in [0.5, 0.6) is 0 Å². The fourth-order valence-corrected chi connectivity index (χ4v) is 4.28. The van der Waals surface area contributed by atoms with Crippen LogP contribution in [-0.2, 0) is 27.3 Å². The van der Waals surface area contributed by atoms with Crippen LogP contribution in [0, 0.1) is 0 Å². The van der Waals surface area contributed by atoms with Crippen molar-refractivity contribution < 1.29 is 20.8 Å². The van der Waals surface area contributed by atoms with Gasteiger partial charge >= 0.3 is 37.9 Å². The number of hydrogen-bond donors (Lipinski definition) is 0. The van der Waals surface area contributed by atoms with Crippen molar-refractivity contribution >= 4 is 48.1 Å². The zero-order valence-corrected chi connectivity index (χ0v) is 27.7. The molecule has 5 aromatic rings. The Kier molecular flexibility index (Phi) is 15.4. The molecule has 37 heavy (non-hydrogen) atoms. The zero-order valence-electron chi connectivity index (χ0n) is 22.7. The van der Waals surface area contributed by atoms with Crippen molar-refractivity contribution in [3.63, 3.8) is 0 Å². The van der Waals surface area contributed by atoms with Crippen molar-refractivity contribution in [3.05, 3.63) is 108 Å². The van der Waals surface area contributed by atoms with Crippen LogP contribution in [-0.4, -0.2) is 9.52 Å². The van der Waals surface area contributed by atoms with Crippen molar-refractivity contribution in [3.8, 4) is 11.1 Å². The van der Waals surface area contributed by atoms with Crippen molar-refractivity contribution in [1.29, 1.82) is 0 Å². The van der Waals surface area contributed by atoms with Gasteiger partial charge in [0.1, 0.15) is 0 Å². The van der Waals surface area contributed by atoms with E-state index in [2.05, 4.69) is 131 Å². The van der Waals surface area contributed by atoms with Gasteiger partial charge in [-0.2, -0.15) is 23.6 Å². The fourth-order valence-electron chi connectivity index (χ4n) is 4.28. The maximum Gasteiger partial charge on any atom is -0.0809 e. The molecule has 0 saturated heterocycles. The maximum absolute atomic E-state index is 4.93. The van der Waals surface area contributed by atoms with Gasteiger partial charge in [0.25, 0.3) is 0 Å². The van der Waals surface area contributed by atoms with E-state index in [1.54, 1.807) is 0 Å². The predicted molar refractivity (Wildman–Crippen MR) is 166 cm³/mol. The second-order valence-electron chi connectivity index (χ2n) is 9.08. The monoisotopic (exact) mass is 622 g/mol. The molecule has 0 saturated carbocycles. The van der Waals surface area contributed by atoms with E-state index < -0.39 is 20.8 Å². The standard InChI is InChI=1S/C22H25.C9H7.C2H6Si.2ClH.Zr/c1-4-7-17-14-20-8-6-9-21(22(20)15-17)19-12-10-18(11-13-19)16(3)5-2;1-2-5-9-7-3-6-8(9)4-1;1-3-2;;;/h6,8-16H,4-5,7H2,1-3H3;1-7H;1-2H3;2*1H;/q2*-1;;;;+4/p-2. The smallest absolute Gasteiger partial charge is 0.0809 e. The minimum atomic E-state index is -0.826. The van der Waals surface area contributed by atoms with Crippen LogP contribution in [0.1, 0.15) is 50.7 Å². The Bertz CT molecular complexity index is 1250. The molecule has 5 rings (SSSR count). The van der Waals surface area contributed by atoms with Gasteiger partial charge in [-0.3, -0.25) is 0 Å². The number of halogens is 2. The SMILES string of the molecule is CCCc1cc2c(-c3ccc(C(C)CC)cc3)cccc2[cH-]1.C[Si]C.[Cl][Zr+2][Cl].c1ccc2[cH-]ccc2c1. The summed E-state index contributed by atoms with van der Waals surface area (Å²) in [7, 11) is 11.0. The van der Waals surface area contributed by atoms with Gasteiger partial charge in [0, 0.05) is 9.52 Å². The Hall–Kier alpha value is -1.44. The first-order valence-electron chi connectivity index (χ1n) is 13.0. The average Bonchev–Trinajstić information content (AvgIpc) is 3.56. The molecule has 0 N–H and O–H groups in total. The minimum absolute atomic E-state index is 0.639. The molecule has 2 radical (unpaired) electrons. The topological polar surface area (TPSA) is 0 Å². The summed E-state index contributed by atoms with van der Waals surface area (Å²) in [5.74, 6) is 0.639. The van der Waals surface area contributed by atoms with Crippen LogP contribution in [0.4, 0.5) is 0 Å². The summed E-state index contributed by atoms with van der Waals surface area (Å²) >= 11 is -0.826. The largest absolute Gasteiger partial charge is 0.168 e. The van der Waals surface area contributed by atoms with E-state index in [0.717, 1.165) is 9.52 Å². The van der Waals surface area contributed by atoms with Gasteiger partial charge in [0.15, 0.2) is 0 Å². The molecule has 0 bridgehead atoms. The van der Waals surface area contributed by atoms with E-state index in [9.17, 15) is 0 Å². The number of benzene rings is 3. The summed E-state index contributed by atoms with van der Waals surface area (Å²) in [5.41, 5.74) is 5.58.